The van der Waals surface area contributed by atoms with Gasteiger partial charge >= 0.3 is 0 Å². The molecule has 1 aromatic carbocycles. The quantitative estimate of drug-likeness (QED) is 0.629. The molecule has 0 saturated heterocycles. The summed E-state index contributed by atoms with van der Waals surface area (Å²) in [6.45, 7) is 1.53. The van der Waals surface area contributed by atoms with Crippen molar-refractivity contribution in [1.82, 2.24) is 5.32 Å². The van der Waals surface area contributed by atoms with E-state index in [2.05, 4.69) is 10.6 Å². The van der Waals surface area contributed by atoms with E-state index < -0.39 is 0 Å². The molecule has 0 aliphatic rings. The summed E-state index contributed by atoms with van der Waals surface area (Å²) in [5.41, 5.74) is 0.925. The molecule has 0 aromatic heterocycles. The first-order valence-corrected chi connectivity index (χ1v) is 5.80. The molecule has 0 fully saturated rings. The van der Waals surface area contributed by atoms with E-state index in [0.29, 0.717) is 10.1 Å². The molecule has 0 radical (unpaired) electrons. The molecule has 0 amide bonds. The van der Waals surface area contributed by atoms with Gasteiger partial charge in [0.25, 0.3) is 0 Å². The molecular formula is C11H15ClN2OS. The first kappa shape index (κ1) is 13.2. The molecule has 0 saturated carbocycles. The number of nitrogens with one attached hydrogen (secondary N) is 2. The number of benzene rings is 1. The number of thiocarbonyl (C=S) groups is 1. The molecule has 5 heteroatoms. The van der Waals surface area contributed by atoms with Crippen LogP contribution in [0, 0.1) is 0 Å². The molecule has 16 heavy (non-hydrogen) atoms. The number of anilines is 1. The summed E-state index contributed by atoms with van der Waals surface area (Å²) in [7, 11) is 1.68. The molecule has 2 N–H and O–H groups in total. The summed E-state index contributed by atoms with van der Waals surface area (Å²) >= 11 is 10.9. The van der Waals surface area contributed by atoms with Gasteiger partial charge < -0.3 is 15.4 Å². The van der Waals surface area contributed by atoms with Crippen LogP contribution in [0.25, 0.3) is 0 Å². The lowest BCUT2D eigenvalue weighted by Gasteiger charge is -2.10. The van der Waals surface area contributed by atoms with Crippen LogP contribution in [0.5, 0.6) is 0 Å². The van der Waals surface area contributed by atoms with Gasteiger partial charge in [-0.15, -0.1) is 0 Å². The molecule has 1 rings (SSSR count). The summed E-state index contributed by atoms with van der Waals surface area (Å²) in [6, 6.07) is 7.39. The van der Waals surface area contributed by atoms with Gasteiger partial charge in [-0.3, -0.25) is 0 Å². The van der Waals surface area contributed by atoms with Crippen molar-refractivity contribution in [3.05, 3.63) is 29.3 Å². The highest BCUT2D eigenvalue weighted by Gasteiger charge is 1.96. The van der Waals surface area contributed by atoms with Crippen molar-refractivity contribution in [2.45, 2.75) is 6.42 Å². The van der Waals surface area contributed by atoms with Crippen molar-refractivity contribution < 1.29 is 4.74 Å². The van der Waals surface area contributed by atoms with Gasteiger partial charge in [0.15, 0.2) is 5.11 Å². The van der Waals surface area contributed by atoms with Crippen molar-refractivity contribution in [3.63, 3.8) is 0 Å². The van der Waals surface area contributed by atoms with Gasteiger partial charge in [-0.25, -0.2) is 0 Å². The van der Waals surface area contributed by atoms with Crippen LogP contribution in [0.2, 0.25) is 5.02 Å². The van der Waals surface area contributed by atoms with E-state index >= 15 is 0 Å². The highest BCUT2D eigenvalue weighted by atomic mass is 35.5. The van der Waals surface area contributed by atoms with E-state index in [0.717, 1.165) is 25.3 Å². The van der Waals surface area contributed by atoms with Crippen LogP contribution in [0.3, 0.4) is 0 Å². The summed E-state index contributed by atoms with van der Waals surface area (Å²) in [4.78, 5) is 0. The lowest BCUT2D eigenvalue weighted by molar-refractivity contribution is 0.196. The average molecular weight is 259 g/mol. The molecule has 0 heterocycles. The second kappa shape index (κ2) is 7.44. The standard InChI is InChI=1S/C11H15ClN2OS/c1-15-8-2-7-13-11(16)14-10-5-3-9(12)4-6-10/h3-6H,2,7-8H2,1H3,(H2,13,14,16). The maximum Gasteiger partial charge on any atom is 0.170 e. The highest BCUT2D eigenvalue weighted by molar-refractivity contribution is 7.80. The van der Waals surface area contributed by atoms with E-state index in [1.807, 2.05) is 24.3 Å². The van der Waals surface area contributed by atoms with Crippen LogP contribution >= 0.6 is 23.8 Å². The van der Waals surface area contributed by atoms with Gasteiger partial charge in [-0.1, -0.05) is 11.6 Å². The fourth-order valence-corrected chi connectivity index (χ4v) is 1.47. The average Bonchev–Trinajstić information content (AvgIpc) is 2.28. The predicted molar refractivity (Wildman–Crippen MR) is 72.2 cm³/mol. The highest BCUT2D eigenvalue weighted by Crippen LogP contribution is 2.12. The van der Waals surface area contributed by atoms with E-state index in [1.54, 1.807) is 7.11 Å². The summed E-state index contributed by atoms with van der Waals surface area (Å²) in [5.74, 6) is 0. The number of methoxy groups -OCH3 is 1. The van der Waals surface area contributed by atoms with E-state index in [-0.39, 0.29) is 0 Å². The second-order valence-electron chi connectivity index (χ2n) is 3.23. The van der Waals surface area contributed by atoms with Crippen LogP contribution in [0.4, 0.5) is 5.69 Å². The van der Waals surface area contributed by atoms with Crippen molar-refractivity contribution >= 4 is 34.6 Å². The SMILES string of the molecule is COCCCNC(=S)Nc1ccc(Cl)cc1. The first-order chi connectivity index (χ1) is 7.72. The molecule has 0 bridgehead atoms. The number of hydrogen-bond acceptors (Lipinski definition) is 2. The Balaban J connectivity index is 2.26. The predicted octanol–water partition coefficient (Wildman–Crippen LogP) is 2.66. The van der Waals surface area contributed by atoms with Gasteiger partial charge in [0, 0.05) is 31.0 Å². The van der Waals surface area contributed by atoms with Crippen LogP contribution in [0.1, 0.15) is 6.42 Å². The Morgan fingerprint density at radius 1 is 1.38 bits per heavy atom. The molecule has 3 nitrogen and oxygen atoms in total. The third-order valence-electron chi connectivity index (χ3n) is 1.91. The van der Waals surface area contributed by atoms with Crippen molar-refractivity contribution in [3.8, 4) is 0 Å². The lowest BCUT2D eigenvalue weighted by atomic mass is 10.3. The van der Waals surface area contributed by atoms with Gasteiger partial charge in [0.05, 0.1) is 0 Å². The Hall–Kier alpha value is -0.840. The molecule has 0 aliphatic heterocycles. The minimum atomic E-state index is 0.610. The van der Waals surface area contributed by atoms with Crippen molar-refractivity contribution in [2.24, 2.45) is 0 Å². The van der Waals surface area contributed by atoms with Crippen molar-refractivity contribution in [2.75, 3.05) is 25.6 Å². The summed E-state index contributed by atoms with van der Waals surface area (Å²) in [6.07, 6.45) is 0.930. The third kappa shape index (κ3) is 5.30. The first-order valence-electron chi connectivity index (χ1n) is 5.01. The smallest absolute Gasteiger partial charge is 0.170 e. The molecular weight excluding hydrogens is 244 g/mol. The molecule has 88 valence electrons. The van der Waals surface area contributed by atoms with Gasteiger partial charge in [0.2, 0.25) is 0 Å². The largest absolute Gasteiger partial charge is 0.385 e. The van der Waals surface area contributed by atoms with Crippen LogP contribution in [-0.2, 0) is 4.74 Å². The monoisotopic (exact) mass is 258 g/mol. The van der Waals surface area contributed by atoms with Crippen molar-refractivity contribution in [1.29, 1.82) is 0 Å². The van der Waals surface area contributed by atoms with Gasteiger partial charge in [-0.2, -0.15) is 0 Å². The Morgan fingerprint density at radius 3 is 2.69 bits per heavy atom. The number of halogens is 1. The Labute approximate surface area is 106 Å². The Morgan fingerprint density at radius 2 is 2.06 bits per heavy atom. The lowest BCUT2D eigenvalue weighted by Crippen LogP contribution is -2.29. The number of hydrogen-bond donors (Lipinski definition) is 2. The molecule has 0 atom stereocenters. The zero-order valence-corrected chi connectivity index (χ0v) is 10.7. The summed E-state index contributed by atoms with van der Waals surface area (Å²) < 4.78 is 4.94. The maximum absolute atomic E-state index is 5.78. The third-order valence-corrected chi connectivity index (χ3v) is 2.41. The zero-order valence-electron chi connectivity index (χ0n) is 9.13. The Bertz CT molecular complexity index is 329. The summed E-state index contributed by atoms with van der Waals surface area (Å²) in [5, 5.41) is 7.48. The molecule has 1 aromatic rings. The zero-order chi connectivity index (χ0) is 11.8. The second-order valence-corrected chi connectivity index (χ2v) is 4.08. The minimum Gasteiger partial charge on any atom is -0.385 e. The molecule has 0 aliphatic carbocycles. The van der Waals surface area contributed by atoms with E-state index in [1.165, 1.54) is 0 Å². The number of ether oxygens (including phenoxy) is 1. The fraction of sp³-hybridized carbons (Fsp3) is 0.364. The fourth-order valence-electron chi connectivity index (χ4n) is 1.13. The van der Waals surface area contributed by atoms with Crippen LogP contribution in [-0.4, -0.2) is 25.4 Å². The molecule has 0 unspecified atom stereocenters. The van der Waals surface area contributed by atoms with Crippen LogP contribution < -0.4 is 10.6 Å². The van der Waals surface area contributed by atoms with E-state index in [9.17, 15) is 0 Å². The Kier molecular flexibility index (Phi) is 6.15. The van der Waals surface area contributed by atoms with Crippen LogP contribution in [0.15, 0.2) is 24.3 Å². The minimum absolute atomic E-state index is 0.610. The molecule has 0 spiro atoms. The van der Waals surface area contributed by atoms with E-state index in [4.69, 9.17) is 28.6 Å². The maximum atomic E-state index is 5.78. The van der Waals surface area contributed by atoms with Gasteiger partial charge in [0.1, 0.15) is 0 Å². The topological polar surface area (TPSA) is 33.3 Å². The number of rotatable bonds is 5. The van der Waals surface area contributed by atoms with Gasteiger partial charge in [-0.05, 0) is 42.9 Å². The normalized spacial score (nSPS) is 9.88.